The maximum atomic E-state index is 4.34. The van der Waals surface area contributed by atoms with E-state index >= 15 is 0 Å². The molecule has 0 bridgehead atoms. The Bertz CT molecular complexity index is 418. The number of hydrogen-bond donors (Lipinski definition) is 2. The molecule has 0 aliphatic heterocycles. The zero-order valence-electron chi connectivity index (χ0n) is 13.8. The van der Waals surface area contributed by atoms with Gasteiger partial charge in [0.25, 0.3) is 0 Å². The van der Waals surface area contributed by atoms with Crippen LogP contribution in [0.25, 0.3) is 0 Å². The first kappa shape index (κ1) is 20.6. The van der Waals surface area contributed by atoms with Crippen LogP contribution in [0, 0.1) is 12.8 Å². The lowest BCUT2D eigenvalue weighted by molar-refractivity contribution is 0.491. The van der Waals surface area contributed by atoms with Crippen LogP contribution < -0.4 is 10.6 Å². The summed E-state index contributed by atoms with van der Waals surface area (Å²) < 4.78 is 0. The third-order valence-electron chi connectivity index (χ3n) is 3.10. The first-order chi connectivity index (χ1) is 9.51. The molecule has 0 spiro atoms. The fourth-order valence-electron chi connectivity index (χ4n) is 1.97. The Morgan fingerprint density at radius 1 is 1.33 bits per heavy atom. The Kier molecular flexibility index (Phi) is 11.0. The van der Waals surface area contributed by atoms with Crippen molar-refractivity contribution < 1.29 is 0 Å². The van der Waals surface area contributed by atoms with E-state index in [1.165, 1.54) is 24.1 Å². The maximum Gasteiger partial charge on any atom is 0.191 e. The molecule has 0 fully saturated rings. The van der Waals surface area contributed by atoms with E-state index in [-0.39, 0.29) is 24.0 Å². The van der Waals surface area contributed by atoms with Gasteiger partial charge in [-0.3, -0.25) is 4.99 Å². The molecule has 1 aromatic rings. The lowest BCUT2D eigenvalue weighted by atomic mass is 10.0. The minimum atomic E-state index is 0. The molecular weight excluding hydrogens is 395 g/mol. The zero-order valence-corrected chi connectivity index (χ0v) is 16.9. The molecule has 1 aromatic heterocycles. The number of thiazole rings is 1. The molecule has 0 saturated carbocycles. The Morgan fingerprint density at radius 2 is 2.05 bits per heavy atom. The number of nitrogens with one attached hydrogen (secondary N) is 2. The number of halogens is 1. The van der Waals surface area contributed by atoms with Gasteiger partial charge in [0.1, 0.15) is 5.01 Å². The maximum absolute atomic E-state index is 4.34. The van der Waals surface area contributed by atoms with Gasteiger partial charge in [0.15, 0.2) is 5.96 Å². The molecule has 6 heteroatoms. The molecule has 0 aliphatic carbocycles. The molecule has 1 rings (SSSR count). The van der Waals surface area contributed by atoms with Gasteiger partial charge in [-0.25, -0.2) is 4.98 Å². The minimum Gasteiger partial charge on any atom is -0.354 e. The average Bonchev–Trinajstić information content (AvgIpc) is 2.79. The molecule has 122 valence electrons. The van der Waals surface area contributed by atoms with Crippen LogP contribution in [0.4, 0.5) is 0 Å². The highest BCUT2D eigenvalue weighted by atomic mass is 127. The van der Waals surface area contributed by atoms with E-state index in [0.29, 0.717) is 6.04 Å². The molecule has 21 heavy (non-hydrogen) atoms. The van der Waals surface area contributed by atoms with Gasteiger partial charge in [0, 0.05) is 24.2 Å². The second-order valence-electron chi connectivity index (χ2n) is 5.66. The van der Waals surface area contributed by atoms with Gasteiger partial charge in [-0.2, -0.15) is 0 Å². The summed E-state index contributed by atoms with van der Waals surface area (Å²) in [5, 5.41) is 7.84. The molecular formula is C15H29IN4S. The first-order valence-electron chi connectivity index (χ1n) is 7.39. The lowest BCUT2D eigenvalue weighted by Crippen LogP contribution is -2.41. The molecule has 1 atom stereocenters. The summed E-state index contributed by atoms with van der Waals surface area (Å²) in [6.07, 6.45) is 5.63. The van der Waals surface area contributed by atoms with Crippen molar-refractivity contribution in [3.8, 4) is 0 Å². The second-order valence-corrected chi connectivity index (χ2v) is 6.98. The molecule has 0 aliphatic rings. The van der Waals surface area contributed by atoms with Crippen molar-refractivity contribution in [1.82, 2.24) is 15.6 Å². The molecule has 2 N–H and O–H groups in total. The SMILES string of the molecule is CN=C(NCc1ncc(C)s1)NC(C)CCCC(C)C.I. The molecule has 4 nitrogen and oxygen atoms in total. The van der Waals surface area contributed by atoms with Gasteiger partial charge in [-0.1, -0.05) is 26.7 Å². The van der Waals surface area contributed by atoms with Crippen LogP contribution >= 0.6 is 35.3 Å². The van der Waals surface area contributed by atoms with Crippen molar-refractivity contribution in [3.63, 3.8) is 0 Å². The number of hydrogen-bond acceptors (Lipinski definition) is 3. The van der Waals surface area contributed by atoms with E-state index in [9.17, 15) is 0 Å². The lowest BCUT2D eigenvalue weighted by Gasteiger charge is -2.17. The van der Waals surface area contributed by atoms with Crippen LogP contribution in [-0.2, 0) is 6.54 Å². The second kappa shape index (κ2) is 11.2. The van der Waals surface area contributed by atoms with E-state index in [1.54, 1.807) is 11.3 Å². The number of aromatic nitrogens is 1. The van der Waals surface area contributed by atoms with Crippen molar-refractivity contribution in [2.24, 2.45) is 10.9 Å². The first-order valence-corrected chi connectivity index (χ1v) is 8.21. The van der Waals surface area contributed by atoms with Gasteiger partial charge in [-0.15, -0.1) is 35.3 Å². The van der Waals surface area contributed by atoms with Crippen molar-refractivity contribution >= 4 is 41.3 Å². The number of aryl methyl sites for hydroxylation is 1. The molecule has 1 unspecified atom stereocenters. The monoisotopic (exact) mass is 424 g/mol. The van der Waals surface area contributed by atoms with E-state index in [2.05, 4.69) is 48.3 Å². The fourth-order valence-corrected chi connectivity index (χ4v) is 2.70. The highest BCUT2D eigenvalue weighted by Gasteiger charge is 2.06. The van der Waals surface area contributed by atoms with Crippen molar-refractivity contribution in [2.45, 2.75) is 59.5 Å². The Hall–Kier alpha value is -0.370. The highest BCUT2D eigenvalue weighted by molar-refractivity contribution is 14.0. The van der Waals surface area contributed by atoms with Crippen molar-refractivity contribution in [1.29, 1.82) is 0 Å². The largest absolute Gasteiger partial charge is 0.354 e. The van der Waals surface area contributed by atoms with Crippen LogP contribution in [0.15, 0.2) is 11.2 Å². The number of guanidine groups is 1. The van der Waals surface area contributed by atoms with Crippen molar-refractivity contribution in [3.05, 3.63) is 16.1 Å². The predicted molar refractivity (Wildman–Crippen MR) is 104 cm³/mol. The molecule has 0 saturated heterocycles. The predicted octanol–water partition coefficient (Wildman–Crippen LogP) is 3.95. The minimum absolute atomic E-state index is 0. The van der Waals surface area contributed by atoms with Crippen LogP contribution in [0.1, 0.15) is 49.9 Å². The summed E-state index contributed by atoms with van der Waals surface area (Å²) in [4.78, 5) is 9.85. The Morgan fingerprint density at radius 3 is 2.57 bits per heavy atom. The van der Waals surface area contributed by atoms with E-state index in [4.69, 9.17) is 0 Å². The molecule has 0 aromatic carbocycles. The van der Waals surface area contributed by atoms with Crippen molar-refractivity contribution in [2.75, 3.05) is 7.05 Å². The van der Waals surface area contributed by atoms with E-state index in [1.807, 2.05) is 13.2 Å². The van der Waals surface area contributed by atoms with E-state index < -0.39 is 0 Å². The van der Waals surface area contributed by atoms with E-state index in [0.717, 1.165) is 23.4 Å². The van der Waals surface area contributed by atoms with Crippen LogP contribution in [0.2, 0.25) is 0 Å². The Balaban J connectivity index is 0.00000400. The number of nitrogens with zero attached hydrogens (tertiary/aromatic N) is 2. The van der Waals surface area contributed by atoms with Gasteiger partial charge in [0.2, 0.25) is 0 Å². The topological polar surface area (TPSA) is 49.3 Å². The summed E-state index contributed by atoms with van der Waals surface area (Å²) in [6.45, 7) is 9.56. The quantitative estimate of drug-likeness (QED) is 0.396. The zero-order chi connectivity index (χ0) is 15.0. The van der Waals surface area contributed by atoms with Gasteiger partial charge in [0.05, 0.1) is 6.54 Å². The summed E-state index contributed by atoms with van der Waals surface area (Å²) >= 11 is 1.72. The molecule has 1 heterocycles. The van der Waals surface area contributed by atoms with Gasteiger partial charge >= 0.3 is 0 Å². The van der Waals surface area contributed by atoms with Gasteiger partial charge < -0.3 is 10.6 Å². The third kappa shape index (κ3) is 9.29. The number of rotatable bonds is 7. The average molecular weight is 424 g/mol. The standard InChI is InChI=1S/C15H28N4S.HI/c1-11(2)7-6-8-12(3)19-15(16-5)18-10-14-17-9-13(4)20-14;/h9,11-12H,6-8,10H2,1-5H3,(H2,16,18,19);1H. The molecule has 0 amide bonds. The van der Waals surface area contributed by atoms with Crippen LogP contribution in [-0.4, -0.2) is 24.0 Å². The summed E-state index contributed by atoms with van der Waals surface area (Å²) in [5.74, 6) is 1.64. The summed E-state index contributed by atoms with van der Waals surface area (Å²) in [7, 11) is 1.81. The van der Waals surface area contributed by atoms with Crippen LogP contribution in [0.5, 0.6) is 0 Å². The summed E-state index contributed by atoms with van der Waals surface area (Å²) in [5.41, 5.74) is 0. The van der Waals surface area contributed by atoms with Crippen LogP contribution in [0.3, 0.4) is 0 Å². The highest BCUT2D eigenvalue weighted by Crippen LogP contribution is 2.10. The third-order valence-corrected chi connectivity index (χ3v) is 4.01. The fraction of sp³-hybridized carbons (Fsp3) is 0.733. The van der Waals surface area contributed by atoms with Gasteiger partial charge in [-0.05, 0) is 26.2 Å². The Labute approximate surface area is 150 Å². The summed E-state index contributed by atoms with van der Waals surface area (Å²) in [6, 6.07) is 0.443. The normalized spacial score (nSPS) is 13.0. The molecule has 0 radical (unpaired) electrons. The number of aliphatic imine (C=N–C) groups is 1. The smallest absolute Gasteiger partial charge is 0.191 e.